The van der Waals surface area contributed by atoms with Gasteiger partial charge in [0.05, 0.1) is 11.4 Å². The number of sulfonamides is 1. The van der Waals surface area contributed by atoms with Crippen LogP contribution in [0.3, 0.4) is 0 Å². The molecule has 0 aliphatic heterocycles. The summed E-state index contributed by atoms with van der Waals surface area (Å²) in [5.41, 5.74) is 0.855. The van der Waals surface area contributed by atoms with Gasteiger partial charge in [0.1, 0.15) is 11.4 Å². The molecule has 0 bridgehead atoms. The number of nitrogens with zero attached hydrogens (tertiary/aromatic N) is 2. The van der Waals surface area contributed by atoms with Crippen molar-refractivity contribution < 1.29 is 18.3 Å². The van der Waals surface area contributed by atoms with Gasteiger partial charge in [-0.25, -0.2) is 13.1 Å². The molecule has 0 amide bonds. The largest absolute Gasteiger partial charge is 0.480 e. The van der Waals surface area contributed by atoms with Gasteiger partial charge < -0.3 is 5.11 Å². The lowest BCUT2D eigenvalue weighted by Crippen LogP contribution is -2.27. The van der Waals surface area contributed by atoms with E-state index >= 15 is 0 Å². The SMILES string of the molecule is Cc1nn(CC(=O)O)c(C)c1S(=O)(=O)NCC1CC1(C)C. The Hall–Kier alpha value is -1.41. The lowest BCUT2D eigenvalue weighted by Gasteiger charge is -2.08. The first-order valence-corrected chi connectivity index (χ1v) is 8.28. The zero-order chi connectivity index (χ0) is 16.0. The summed E-state index contributed by atoms with van der Waals surface area (Å²) in [6, 6.07) is 0. The topological polar surface area (TPSA) is 101 Å². The van der Waals surface area contributed by atoms with Gasteiger partial charge in [0.2, 0.25) is 10.0 Å². The van der Waals surface area contributed by atoms with E-state index in [9.17, 15) is 13.2 Å². The van der Waals surface area contributed by atoms with Gasteiger partial charge in [-0.15, -0.1) is 0 Å². The fraction of sp³-hybridized carbons (Fsp3) is 0.692. The molecule has 0 saturated heterocycles. The number of aliphatic carboxylic acids is 1. The van der Waals surface area contributed by atoms with Crippen molar-refractivity contribution in [2.75, 3.05) is 6.54 Å². The molecule has 8 heteroatoms. The highest BCUT2D eigenvalue weighted by Gasteiger charge is 2.45. The van der Waals surface area contributed by atoms with E-state index in [4.69, 9.17) is 5.11 Å². The average molecular weight is 315 g/mol. The Bertz CT molecular complexity index is 676. The smallest absolute Gasteiger partial charge is 0.325 e. The van der Waals surface area contributed by atoms with Gasteiger partial charge >= 0.3 is 5.97 Å². The minimum absolute atomic E-state index is 0.0854. The maximum absolute atomic E-state index is 12.4. The highest BCUT2D eigenvalue weighted by Crippen LogP contribution is 2.51. The van der Waals surface area contributed by atoms with Crippen molar-refractivity contribution in [2.45, 2.75) is 45.6 Å². The van der Waals surface area contributed by atoms with Crippen molar-refractivity contribution in [1.82, 2.24) is 14.5 Å². The number of carbonyl (C=O) groups is 1. The number of carboxylic acids is 1. The fourth-order valence-electron chi connectivity index (χ4n) is 2.56. The van der Waals surface area contributed by atoms with E-state index < -0.39 is 16.0 Å². The third-order valence-corrected chi connectivity index (χ3v) is 5.78. The van der Waals surface area contributed by atoms with Crippen LogP contribution in [0.2, 0.25) is 0 Å². The van der Waals surface area contributed by atoms with Crippen LogP contribution in [-0.4, -0.2) is 35.8 Å². The third-order valence-electron chi connectivity index (χ3n) is 4.11. The maximum atomic E-state index is 12.4. The summed E-state index contributed by atoms with van der Waals surface area (Å²) in [6.45, 7) is 7.40. The molecular weight excluding hydrogens is 294 g/mol. The van der Waals surface area contributed by atoms with Gasteiger partial charge in [-0.3, -0.25) is 9.48 Å². The first-order valence-electron chi connectivity index (χ1n) is 6.80. The van der Waals surface area contributed by atoms with Crippen LogP contribution in [0.4, 0.5) is 0 Å². The van der Waals surface area contributed by atoms with Crippen LogP contribution in [0, 0.1) is 25.2 Å². The molecule has 0 aromatic carbocycles. The van der Waals surface area contributed by atoms with Crippen molar-refractivity contribution >= 4 is 16.0 Å². The van der Waals surface area contributed by atoms with Crippen molar-refractivity contribution in [3.05, 3.63) is 11.4 Å². The number of aryl methyl sites for hydroxylation is 1. The molecule has 1 unspecified atom stereocenters. The first kappa shape index (κ1) is 16.0. The highest BCUT2D eigenvalue weighted by atomic mass is 32.2. The van der Waals surface area contributed by atoms with Gasteiger partial charge in [-0.2, -0.15) is 5.10 Å². The third kappa shape index (κ3) is 3.26. The standard InChI is InChI=1S/C13H21N3O4S/c1-8-12(9(2)16(15-8)7-11(17)18)21(19,20)14-6-10-5-13(10,3)4/h10,14H,5-7H2,1-4H3,(H,17,18). The molecule has 7 nitrogen and oxygen atoms in total. The number of carboxylic acid groups (broad SMARTS) is 1. The molecule has 1 heterocycles. The molecule has 1 saturated carbocycles. The Kier molecular flexibility index (Phi) is 3.88. The molecular formula is C13H21N3O4S. The minimum Gasteiger partial charge on any atom is -0.480 e. The Balaban J connectivity index is 2.20. The summed E-state index contributed by atoms with van der Waals surface area (Å²) >= 11 is 0. The van der Waals surface area contributed by atoms with Crippen LogP contribution in [0.5, 0.6) is 0 Å². The van der Waals surface area contributed by atoms with Gasteiger partial charge in [-0.1, -0.05) is 13.8 Å². The second kappa shape index (κ2) is 5.10. The van der Waals surface area contributed by atoms with Gasteiger partial charge in [0.25, 0.3) is 0 Å². The summed E-state index contributed by atoms with van der Waals surface area (Å²) in [6.07, 6.45) is 1.01. The Morgan fingerprint density at radius 2 is 2.05 bits per heavy atom. The molecule has 1 aromatic heterocycles. The molecule has 21 heavy (non-hydrogen) atoms. The van der Waals surface area contributed by atoms with E-state index in [1.54, 1.807) is 13.8 Å². The van der Waals surface area contributed by atoms with E-state index in [0.717, 1.165) is 6.42 Å². The molecule has 1 aliphatic rings. The van der Waals surface area contributed by atoms with Gasteiger partial charge in [0.15, 0.2) is 0 Å². The van der Waals surface area contributed by atoms with Gasteiger partial charge in [-0.05, 0) is 31.6 Å². The first-order chi connectivity index (χ1) is 9.54. The molecule has 1 atom stereocenters. The number of nitrogens with one attached hydrogen (secondary N) is 1. The van der Waals surface area contributed by atoms with Crippen molar-refractivity contribution in [1.29, 1.82) is 0 Å². The van der Waals surface area contributed by atoms with E-state index in [1.807, 2.05) is 0 Å². The van der Waals surface area contributed by atoms with Crippen LogP contribution in [-0.2, 0) is 21.4 Å². The second-order valence-corrected chi connectivity index (χ2v) is 8.00. The molecule has 1 aliphatic carbocycles. The number of rotatable bonds is 6. The highest BCUT2D eigenvalue weighted by molar-refractivity contribution is 7.89. The summed E-state index contributed by atoms with van der Waals surface area (Å²) in [5, 5.41) is 12.8. The summed E-state index contributed by atoms with van der Waals surface area (Å²) in [4.78, 5) is 10.8. The van der Waals surface area contributed by atoms with Crippen molar-refractivity contribution in [3.8, 4) is 0 Å². The molecule has 0 radical (unpaired) electrons. The lowest BCUT2D eigenvalue weighted by atomic mass is 10.1. The maximum Gasteiger partial charge on any atom is 0.325 e. The van der Waals surface area contributed by atoms with E-state index in [0.29, 0.717) is 23.9 Å². The fourth-order valence-corrected chi connectivity index (χ4v) is 4.05. The summed E-state index contributed by atoms with van der Waals surface area (Å²) < 4.78 is 28.6. The Morgan fingerprint density at radius 1 is 1.48 bits per heavy atom. The second-order valence-electron chi connectivity index (χ2n) is 6.29. The molecule has 2 N–H and O–H groups in total. The van der Waals surface area contributed by atoms with Crippen molar-refractivity contribution in [2.24, 2.45) is 11.3 Å². The van der Waals surface area contributed by atoms with E-state index in [2.05, 4.69) is 23.7 Å². The minimum atomic E-state index is -3.67. The summed E-state index contributed by atoms with van der Waals surface area (Å²) in [5.74, 6) is -0.709. The number of hydrogen-bond donors (Lipinski definition) is 2. The van der Waals surface area contributed by atoms with Crippen LogP contribution in [0.1, 0.15) is 31.7 Å². The average Bonchev–Trinajstić information content (AvgIpc) is 2.82. The van der Waals surface area contributed by atoms with E-state index in [1.165, 1.54) is 4.68 Å². The van der Waals surface area contributed by atoms with Crippen LogP contribution < -0.4 is 4.72 Å². The normalized spacial score (nSPS) is 20.5. The van der Waals surface area contributed by atoms with Gasteiger partial charge in [0, 0.05) is 6.54 Å². The molecule has 2 rings (SSSR count). The Morgan fingerprint density at radius 3 is 2.52 bits per heavy atom. The molecule has 118 valence electrons. The van der Waals surface area contributed by atoms with Crippen molar-refractivity contribution in [3.63, 3.8) is 0 Å². The van der Waals surface area contributed by atoms with Crippen LogP contribution in [0.15, 0.2) is 4.90 Å². The zero-order valence-corrected chi connectivity index (χ0v) is 13.5. The number of aromatic nitrogens is 2. The molecule has 0 spiro atoms. The molecule has 1 aromatic rings. The van der Waals surface area contributed by atoms with Crippen LogP contribution >= 0.6 is 0 Å². The lowest BCUT2D eigenvalue weighted by molar-refractivity contribution is -0.137. The predicted octanol–water partition coefficient (Wildman–Crippen LogP) is 0.909. The molecule has 1 fully saturated rings. The quantitative estimate of drug-likeness (QED) is 0.812. The van der Waals surface area contributed by atoms with Crippen LogP contribution in [0.25, 0.3) is 0 Å². The predicted molar refractivity (Wildman–Crippen MR) is 76.4 cm³/mol. The number of hydrogen-bond acceptors (Lipinski definition) is 4. The zero-order valence-electron chi connectivity index (χ0n) is 12.7. The van der Waals surface area contributed by atoms with E-state index in [-0.39, 0.29) is 16.9 Å². The Labute approximate surface area is 124 Å². The monoisotopic (exact) mass is 315 g/mol. The summed E-state index contributed by atoms with van der Waals surface area (Å²) in [7, 11) is -3.67.